The first-order chi connectivity index (χ1) is 18.2. The first-order valence-corrected chi connectivity index (χ1v) is 14.0. The zero-order chi connectivity index (χ0) is 29.1. The maximum atomic E-state index is 4.39. The molecule has 2 aromatic heterocycles. The van der Waals surface area contributed by atoms with Crippen LogP contribution < -0.4 is 0 Å². The van der Waals surface area contributed by atoms with Crippen LogP contribution in [0.2, 0.25) is 0 Å². The van der Waals surface area contributed by atoms with Gasteiger partial charge in [0.05, 0.1) is 34.2 Å². The van der Waals surface area contributed by atoms with Crippen LogP contribution in [0.3, 0.4) is 0 Å². The molecule has 4 nitrogen and oxygen atoms in total. The molecular weight excluding hydrogens is 669 g/mol. The predicted molar refractivity (Wildman–Crippen MR) is 167 cm³/mol. The molecular formula is C35H48IrN4+3. The predicted octanol–water partition coefficient (Wildman–Crippen LogP) is 9.77. The number of aryl methyl sites for hydroxylation is 4. The quantitative estimate of drug-likeness (QED) is 0.211. The van der Waals surface area contributed by atoms with Crippen LogP contribution in [0.5, 0.6) is 0 Å². The molecule has 0 radical (unpaired) electrons. The van der Waals surface area contributed by atoms with Crippen molar-refractivity contribution in [1.82, 2.24) is 19.9 Å². The molecule has 0 atom stereocenters. The third kappa shape index (κ3) is 13.5. The minimum absolute atomic E-state index is 0. The second-order valence-corrected chi connectivity index (χ2v) is 12.6. The number of aromatic nitrogens is 4. The summed E-state index contributed by atoms with van der Waals surface area (Å²) in [6.45, 7) is 21.8. The Balaban J connectivity index is 0.000000300. The fourth-order valence-corrected chi connectivity index (χ4v) is 4.10. The van der Waals surface area contributed by atoms with Gasteiger partial charge in [-0.3, -0.25) is 19.9 Å². The van der Waals surface area contributed by atoms with Gasteiger partial charge in [0, 0.05) is 23.5 Å². The third-order valence-electron chi connectivity index (χ3n) is 6.08. The van der Waals surface area contributed by atoms with Crippen LogP contribution in [0.1, 0.15) is 83.6 Å². The van der Waals surface area contributed by atoms with Crippen molar-refractivity contribution < 1.29 is 20.1 Å². The second kappa shape index (κ2) is 16.5. The fraction of sp³-hybridized carbons (Fsp3) is 0.429. The molecule has 214 valence electrons. The van der Waals surface area contributed by atoms with Gasteiger partial charge in [0.15, 0.2) is 0 Å². The van der Waals surface area contributed by atoms with E-state index in [9.17, 15) is 0 Å². The van der Waals surface area contributed by atoms with Crippen LogP contribution in [0.4, 0.5) is 0 Å². The van der Waals surface area contributed by atoms with E-state index < -0.39 is 0 Å². The van der Waals surface area contributed by atoms with Gasteiger partial charge in [-0.05, 0) is 51.4 Å². The first-order valence-electron chi connectivity index (χ1n) is 14.0. The van der Waals surface area contributed by atoms with Gasteiger partial charge in [-0.15, -0.1) is 0 Å². The summed E-state index contributed by atoms with van der Waals surface area (Å²) < 4.78 is 0. The average molecular weight is 717 g/mol. The topological polar surface area (TPSA) is 51.6 Å². The molecule has 5 heteroatoms. The van der Waals surface area contributed by atoms with Crippen molar-refractivity contribution in [3.05, 3.63) is 95.8 Å². The van der Waals surface area contributed by atoms with E-state index in [4.69, 9.17) is 0 Å². The van der Waals surface area contributed by atoms with E-state index in [-0.39, 0.29) is 20.1 Å². The van der Waals surface area contributed by atoms with Crippen LogP contribution in [-0.4, -0.2) is 19.9 Å². The van der Waals surface area contributed by atoms with Crippen LogP contribution in [-0.2, 0) is 20.1 Å². The molecule has 2 aromatic carbocycles. The average Bonchev–Trinajstić information content (AvgIpc) is 2.84. The summed E-state index contributed by atoms with van der Waals surface area (Å²) in [6.07, 6.45) is 7.67. The molecule has 0 amide bonds. The van der Waals surface area contributed by atoms with Crippen LogP contribution in [0.15, 0.2) is 73.1 Å². The van der Waals surface area contributed by atoms with E-state index in [0.717, 1.165) is 45.3 Å². The first kappa shape index (κ1) is 35.3. The molecule has 0 aliphatic rings. The Bertz CT molecular complexity index is 1170. The van der Waals surface area contributed by atoms with Crippen LogP contribution in [0, 0.1) is 38.5 Å². The summed E-state index contributed by atoms with van der Waals surface area (Å²) in [7, 11) is 0. The van der Waals surface area contributed by atoms with Gasteiger partial charge in [0.2, 0.25) is 0 Å². The molecule has 4 aromatic rings. The zero-order valence-electron chi connectivity index (χ0n) is 26.2. The molecule has 2 heterocycles. The SMILES string of the molecule is CC(C)(C)CCCC(C)(C)C.Cc1cnc(-c2ccccc2)c(C)n1.Cc1cnc(-c2ccccc2)c(C)n1.[Ir+3]. The number of benzene rings is 2. The van der Waals surface area contributed by atoms with E-state index in [1.165, 1.54) is 19.3 Å². The summed E-state index contributed by atoms with van der Waals surface area (Å²) in [6, 6.07) is 20.2. The Morgan fingerprint density at radius 1 is 0.525 bits per heavy atom. The van der Waals surface area contributed by atoms with Crippen molar-refractivity contribution in [2.24, 2.45) is 10.8 Å². The molecule has 0 fully saturated rings. The summed E-state index contributed by atoms with van der Waals surface area (Å²) in [5.41, 5.74) is 9.11. The van der Waals surface area contributed by atoms with Gasteiger partial charge in [0.25, 0.3) is 0 Å². The molecule has 4 rings (SSSR count). The third-order valence-corrected chi connectivity index (χ3v) is 6.08. The molecule has 0 aliphatic carbocycles. The van der Waals surface area contributed by atoms with Gasteiger partial charge < -0.3 is 0 Å². The van der Waals surface area contributed by atoms with Crippen molar-refractivity contribution in [1.29, 1.82) is 0 Å². The van der Waals surface area contributed by atoms with E-state index in [1.54, 1.807) is 12.4 Å². The molecule has 0 saturated carbocycles. The molecule has 0 bridgehead atoms. The monoisotopic (exact) mass is 717 g/mol. The molecule has 40 heavy (non-hydrogen) atoms. The smallest absolute Gasteiger partial charge is 0.255 e. The Morgan fingerprint density at radius 2 is 0.850 bits per heavy atom. The van der Waals surface area contributed by atoms with Crippen molar-refractivity contribution >= 4 is 0 Å². The molecule has 0 saturated heterocycles. The summed E-state index contributed by atoms with van der Waals surface area (Å²) in [5.74, 6) is 0. The van der Waals surface area contributed by atoms with E-state index in [0.29, 0.717) is 10.8 Å². The molecule has 0 unspecified atom stereocenters. The summed E-state index contributed by atoms with van der Waals surface area (Å²) in [5, 5.41) is 0. The van der Waals surface area contributed by atoms with Gasteiger partial charge in [-0.1, -0.05) is 109 Å². The second-order valence-electron chi connectivity index (χ2n) is 12.6. The number of hydrogen-bond acceptors (Lipinski definition) is 4. The Labute approximate surface area is 256 Å². The van der Waals surface area contributed by atoms with Gasteiger partial charge >= 0.3 is 20.1 Å². The summed E-state index contributed by atoms with van der Waals surface area (Å²) >= 11 is 0. The minimum Gasteiger partial charge on any atom is -0.255 e. The van der Waals surface area contributed by atoms with E-state index in [2.05, 4.69) is 61.5 Å². The van der Waals surface area contributed by atoms with Gasteiger partial charge in [-0.2, -0.15) is 0 Å². The number of rotatable bonds is 4. The van der Waals surface area contributed by atoms with Crippen molar-refractivity contribution in [2.45, 2.75) is 88.5 Å². The molecule has 0 aliphatic heterocycles. The number of nitrogens with zero attached hydrogens (tertiary/aromatic N) is 4. The van der Waals surface area contributed by atoms with Crippen LogP contribution in [0.25, 0.3) is 22.5 Å². The maximum Gasteiger partial charge on any atom is 3.00 e. The zero-order valence-corrected chi connectivity index (χ0v) is 28.6. The van der Waals surface area contributed by atoms with Crippen molar-refractivity contribution in [2.75, 3.05) is 0 Å². The van der Waals surface area contributed by atoms with Gasteiger partial charge in [0.1, 0.15) is 0 Å². The minimum atomic E-state index is 0. The largest absolute Gasteiger partial charge is 3.00 e. The Morgan fingerprint density at radius 3 is 1.12 bits per heavy atom. The standard InChI is InChI=1S/2C12H12N2.C11H24.Ir/c2*1-9-8-13-12(10(2)14-9)11-6-4-3-5-7-11;1-10(2,3)8-7-9-11(4,5)6;/h2*3-8H,1-2H3;7-9H2,1-6H3;/q;;;+3. The van der Waals surface area contributed by atoms with Crippen molar-refractivity contribution in [3.8, 4) is 22.5 Å². The van der Waals surface area contributed by atoms with Crippen molar-refractivity contribution in [3.63, 3.8) is 0 Å². The van der Waals surface area contributed by atoms with E-state index >= 15 is 0 Å². The molecule has 0 spiro atoms. The fourth-order valence-electron chi connectivity index (χ4n) is 4.10. The van der Waals surface area contributed by atoms with E-state index in [1.807, 2.05) is 88.4 Å². The van der Waals surface area contributed by atoms with Gasteiger partial charge in [-0.25, -0.2) is 0 Å². The Kier molecular flexibility index (Phi) is 14.5. The normalized spacial score (nSPS) is 10.8. The number of hydrogen-bond donors (Lipinski definition) is 0. The van der Waals surface area contributed by atoms with Crippen LogP contribution >= 0.6 is 0 Å². The molecule has 0 N–H and O–H groups in total. The maximum absolute atomic E-state index is 4.39. The summed E-state index contributed by atoms with van der Waals surface area (Å²) in [4.78, 5) is 17.5. The Hall–Kier alpha value is -2.75.